The van der Waals surface area contributed by atoms with Crippen LogP contribution >= 0.6 is 0 Å². The van der Waals surface area contributed by atoms with Crippen LogP contribution < -0.4 is 5.32 Å². The zero-order valence-corrected chi connectivity index (χ0v) is 11.7. The number of nitrogens with one attached hydrogen (secondary N) is 1. The maximum Gasteiger partial charge on any atom is 0.323 e. The number of hydrogen-bond donors (Lipinski definition) is 1. The second-order valence-corrected chi connectivity index (χ2v) is 4.52. The number of hydrogen-bond acceptors (Lipinski definition) is 3. The van der Waals surface area contributed by atoms with Gasteiger partial charge in [0.1, 0.15) is 6.04 Å². The maximum atomic E-state index is 11.7. The molecule has 1 N–H and O–H groups in total. The summed E-state index contributed by atoms with van der Waals surface area (Å²) < 4.78 is 5.05. The van der Waals surface area contributed by atoms with Crippen molar-refractivity contribution in [3.05, 3.63) is 35.4 Å². The van der Waals surface area contributed by atoms with Gasteiger partial charge in [-0.25, -0.2) is 0 Å². The first-order chi connectivity index (χ1) is 8.58. The average molecular weight is 249 g/mol. The van der Waals surface area contributed by atoms with E-state index in [1.807, 2.05) is 19.9 Å². The van der Waals surface area contributed by atoms with Crippen molar-refractivity contribution in [2.24, 2.45) is 0 Å². The molecule has 3 nitrogen and oxygen atoms in total. The monoisotopic (exact) mass is 249 g/mol. The van der Waals surface area contributed by atoms with Crippen molar-refractivity contribution in [1.29, 1.82) is 0 Å². The van der Waals surface area contributed by atoms with E-state index in [0.717, 1.165) is 6.42 Å². The van der Waals surface area contributed by atoms with Crippen LogP contribution in [0.25, 0.3) is 0 Å². The minimum Gasteiger partial charge on any atom is -0.465 e. The topological polar surface area (TPSA) is 38.3 Å². The molecule has 0 radical (unpaired) electrons. The minimum absolute atomic E-state index is 0.138. The predicted molar refractivity (Wildman–Crippen MR) is 73.4 cm³/mol. The lowest BCUT2D eigenvalue weighted by Gasteiger charge is -2.21. The molecule has 3 heteroatoms. The SMILES string of the molecule is CCOC(=O)C(CC)N[C@@H](C)c1cccc(C)c1. The van der Waals surface area contributed by atoms with Crippen LogP contribution in [0, 0.1) is 6.92 Å². The Bertz CT molecular complexity index is 390. The van der Waals surface area contributed by atoms with E-state index in [0.29, 0.717) is 6.61 Å². The van der Waals surface area contributed by atoms with Gasteiger partial charge in [0, 0.05) is 6.04 Å². The van der Waals surface area contributed by atoms with Gasteiger partial charge in [0.15, 0.2) is 0 Å². The van der Waals surface area contributed by atoms with Gasteiger partial charge >= 0.3 is 5.97 Å². The van der Waals surface area contributed by atoms with E-state index in [1.54, 1.807) is 0 Å². The highest BCUT2D eigenvalue weighted by molar-refractivity contribution is 5.75. The molecule has 0 aliphatic rings. The Kier molecular flexibility index (Phi) is 5.86. The summed E-state index contributed by atoms with van der Waals surface area (Å²) in [6, 6.07) is 8.21. The molecule has 1 rings (SSSR count). The Balaban J connectivity index is 2.67. The fourth-order valence-electron chi connectivity index (χ4n) is 1.93. The molecule has 0 aliphatic carbocycles. The van der Waals surface area contributed by atoms with Gasteiger partial charge in [-0.05, 0) is 32.8 Å². The van der Waals surface area contributed by atoms with E-state index in [9.17, 15) is 4.79 Å². The molecule has 0 amide bonds. The molecule has 100 valence electrons. The largest absolute Gasteiger partial charge is 0.465 e. The van der Waals surface area contributed by atoms with E-state index in [4.69, 9.17) is 4.74 Å². The van der Waals surface area contributed by atoms with Gasteiger partial charge < -0.3 is 4.74 Å². The Labute approximate surface area is 110 Å². The second kappa shape index (κ2) is 7.17. The molecule has 0 saturated heterocycles. The smallest absolute Gasteiger partial charge is 0.323 e. The van der Waals surface area contributed by atoms with Crippen LogP contribution in [-0.4, -0.2) is 18.6 Å². The standard InChI is InChI=1S/C15H23NO2/c1-5-14(15(17)18-6-2)16-12(4)13-9-7-8-11(3)10-13/h7-10,12,14,16H,5-6H2,1-4H3/t12-,14?/m0/s1. The van der Waals surface area contributed by atoms with Crippen molar-refractivity contribution in [3.8, 4) is 0 Å². The Morgan fingerprint density at radius 2 is 2.11 bits per heavy atom. The van der Waals surface area contributed by atoms with Crippen LogP contribution in [0.1, 0.15) is 44.4 Å². The number of benzene rings is 1. The number of rotatable bonds is 6. The van der Waals surface area contributed by atoms with Crippen molar-refractivity contribution in [3.63, 3.8) is 0 Å². The van der Waals surface area contributed by atoms with Crippen molar-refractivity contribution >= 4 is 5.97 Å². The van der Waals surface area contributed by atoms with Gasteiger partial charge in [0.2, 0.25) is 0 Å². The number of carbonyl (C=O) groups excluding carboxylic acids is 1. The maximum absolute atomic E-state index is 11.7. The van der Waals surface area contributed by atoms with Crippen molar-refractivity contribution in [2.45, 2.75) is 46.2 Å². The Morgan fingerprint density at radius 3 is 2.67 bits per heavy atom. The molecule has 0 aliphatic heterocycles. The van der Waals surface area contributed by atoms with E-state index in [2.05, 4.69) is 37.4 Å². The van der Waals surface area contributed by atoms with Gasteiger partial charge in [-0.3, -0.25) is 10.1 Å². The highest BCUT2D eigenvalue weighted by Gasteiger charge is 2.20. The zero-order chi connectivity index (χ0) is 13.5. The van der Waals surface area contributed by atoms with Crippen LogP contribution in [0.5, 0.6) is 0 Å². The second-order valence-electron chi connectivity index (χ2n) is 4.52. The van der Waals surface area contributed by atoms with E-state index in [-0.39, 0.29) is 18.1 Å². The molecular formula is C15H23NO2. The van der Waals surface area contributed by atoms with Crippen molar-refractivity contribution in [1.82, 2.24) is 5.32 Å². The van der Waals surface area contributed by atoms with Crippen LogP contribution in [0.4, 0.5) is 0 Å². The third-order valence-electron chi connectivity index (χ3n) is 2.97. The molecule has 1 unspecified atom stereocenters. The van der Waals surface area contributed by atoms with Crippen LogP contribution in [0.2, 0.25) is 0 Å². The Morgan fingerprint density at radius 1 is 1.39 bits per heavy atom. The molecule has 2 atom stereocenters. The molecule has 18 heavy (non-hydrogen) atoms. The summed E-state index contributed by atoms with van der Waals surface area (Å²) in [4.78, 5) is 11.7. The minimum atomic E-state index is -0.236. The van der Waals surface area contributed by atoms with Crippen LogP contribution in [-0.2, 0) is 9.53 Å². The lowest BCUT2D eigenvalue weighted by Crippen LogP contribution is -2.39. The summed E-state index contributed by atoms with van der Waals surface area (Å²) in [7, 11) is 0. The first kappa shape index (κ1) is 14.7. The highest BCUT2D eigenvalue weighted by Crippen LogP contribution is 2.15. The summed E-state index contributed by atoms with van der Waals surface area (Å²) in [6.07, 6.45) is 0.731. The molecular weight excluding hydrogens is 226 g/mol. The molecule has 0 bridgehead atoms. The lowest BCUT2D eigenvalue weighted by atomic mass is 10.0. The summed E-state index contributed by atoms with van der Waals surface area (Å²) in [5, 5.41) is 3.32. The summed E-state index contributed by atoms with van der Waals surface area (Å²) in [6.45, 7) is 8.37. The fourth-order valence-corrected chi connectivity index (χ4v) is 1.93. The van der Waals surface area contributed by atoms with E-state index < -0.39 is 0 Å². The molecule has 1 aromatic carbocycles. The number of ether oxygens (including phenoxy) is 1. The van der Waals surface area contributed by atoms with Gasteiger partial charge in [-0.15, -0.1) is 0 Å². The third kappa shape index (κ3) is 4.15. The number of carbonyl (C=O) groups is 1. The Hall–Kier alpha value is -1.35. The van der Waals surface area contributed by atoms with Gasteiger partial charge in [-0.2, -0.15) is 0 Å². The normalized spacial score (nSPS) is 14.0. The summed E-state index contributed by atoms with van der Waals surface area (Å²) in [5.74, 6) is -0.167. The first-order valence-electron chi connectivity index (χ1n) is 6.57. The molecule has 0 heterocycles. The average Bonchev–Trinajstić information content (AvgIpc) is 2.35. The van der Waals surface area contributed by atoms with Gasteiger partial charge in [0.05, 0.1) is 6.61 Å². The fraction of sp³-hybridized carbons (Fsp3) is 0.533. The number of esters is 1. The lowest BCUT2D eigenvalue weighted by molar-refractivity contribution is -0.145. The van der Waals surface area contributed by atoms with Gasteiger partial charge in [-0.1, -0.05) is 36.8 Å². The molecule has 1 aromatic rings. The van der Waals surface area contributed by atoms with Crippen LogP contribution in [0.15, 0.2) is 24.3 Å². The quantitative estimate of drug-likeness (QED) is 0.788. The van der Waals surface area contributed by atoms with E-state index >= 15 is 0 Å². The molecule has 0 spiro atoms. The first-order valence-corrected chi connectivity index (χ1v) is 6.57. The van der Waals surface area contributed by atoms with Gasteiger partial charge in [0.25, 0.3) is 0 Å². The molecule has 0 aromatic heterocycles. The third-order valence-corrected chi connectivity index (χ3v) is 2.97. The molecule has 0 saturated carbocycles. The van der Waals surface area contributed by atoms with Crippen LogP contribution in [0.3, 0.4) is 0 Å². The highest BCUT2D eigenvalue weighted by atomic mass is 16.5. The number of aryl methyl sites for hydroxylation is 1. The van der Waals surface area contributed by atoms with E-state index in [1.165, 1.54) is 11.1 Å². The summed E-state index contributed by atoms with van der Waals surface area (Å²) in [5.41, 5.74) is 2.42. The summed E-state index contributed by atoms with van der Waals surface area (Å²) >= 11 is 0. The zero-order valence-electron chi connectivity index (χ0n) is 11.7. The van der Waals surface area contributed by atoms with Crippen molar-refractivity contribution < 1.29 is 9.53 Å². The molecule has 0 fully saturated rings. The van der Waals surface area contributed by atoms with Crippen molar-refractivity contribution in [2.75, 3.05) is 6.61 Å². The predicted octanol–water partition coefficient (Wildman–Crippen LogP) is 2.99.